The SMILES string of the molecule is CS(=O)(=O)CC(=O)Nc1c2c(nn1-c1ccc(Cl)c(F)c1)C[C@]1(CCc3cc(OCC(F)(F)F)ccc31)NC2=O. The van der Waals surface area contributed by atoms with Gasteiger partial charge in [-0.25, -0.2) is 17.5 Å². The van der Waals surface area contributed by atoms with Crippen molar-refractivity contribution in [3.63, 3.8) is 0 Å². The average Bonchev–Trinajstić information content (AvgIpc) is 3.36. The number of amides is 2. The van der Waals surface area contributed by atoms with Gasteiger partial charge >= 0.3 is 6.18 Å². The number of benzene rings is 2. The van der Waals surface area contributed by atoms with E-state index in [1.165, 1.54) is 24.3 Å². The van der Waals surface area contributed by atoms with Gasteiger partial charge in [-0.05, 0) is 48.2 Å². The third-order valence-electron chi connectivity index (χ3n) is 6.62. The van der Waals surface area contributed by atoms with E-state index in [0.29, 0.717) is 24.0 Å². The largest absolute Gasteiger partial charge is 0.484 e. The van der Waals surface area contributed by atoms with Gasteiger partial charge < -0.3 is 15.4 Å². The van der Waals surface area contributed by atoms with E-state index in [9.17, 15) is 35.6 Å². The molecule has 0 bridgehead atoms. The van der Waals surface area contributed by atoms with Crippen molar-refractivity contribution in [1.29, 1.82) is 0 Å². The molecule has 2 aliphatic rings. The molecule has 0 radical (unpaired) electrons. The number of anilines is 1. The Balaban J connectivity index is 1.54. The van der Waals surface area contributed by atoms with Crippen LogP contribution in [-0.2, 0) is 33.0 Å². The molecule has 0 saturated heterocycles. The number of carbonyl (C=O) groups excluding carboxylic acids is 2. The van der Waals surface area contributed by atoms with Crippen molar-refractivity contribution in [1.82, 2.24) is 15.1 Å². The highest BCUT2D eigenvalue weighted by Gasteiger charge is 2.47. The first-order chi connectivity index (χ1) is 18.6. The number of aromatic nitrogens is 2. The zero-order valence-corrected chi connectivity index (χ0v) is 22.3. The standard InChI is InChI=1S/C25H21ClF4N4O5S/c1-40(37,38)11-20(35)31-22-21-19(33-34(22)14-2-5-17(26)18(27)9-14)10-24(32-23(21)36)7-6-13-8-15(3-4-16(13)24)39-12-25(28,29)30/h2-5,8-9H,6-7,10-12H2,1H3,(H,31,35)(H,32,36)/t24-/m0/s1. The van der Waals surface area contributed by atoms with Crippen LogP contribution in [0.25, 0.3) is 5.69 Å². The average molecular weight is 601 g/mol. The molecular formula is C25H21ClF4N4O5S. The number of nitrogens with zero attached hydrogens (tertiary/aromatic N) is 2. The topological polar surface area (TPSA) is 119 Å². The molecule has 212 valence electrons. The van der Waals surface area contributed by atoms with Gasteiger partial charge in [0.05, 0.1) is 21.9 Å². The third kappa shape index (κ3) is 5.50. The van der Waals surface area contributed by atoms with E-state index in [-0.39, 0.29) is 40.0 Å². The normalized spacial score (nSPS) is 18.3. The van der Waals surface area contributed by atoms with Gasteiger partial charge in [0.2, 0.25) is 5.91 Å². The van der Waals surface area contributed by atoms with Gasteiger partial charge in [0, 0.05) is 18.7 Å². The molecule has 0 saturated carbocycles. The second kappa shape index (κ2) is 9.77. The molecule has 9 nitrogen and oxygen atoms in total. The molecule has 0 unspecified atom stereocenters. The van der Waals surface area contributed by atoms with Gasteiger partial charge in [0.1, 0.15) is 28.7 Å². The summed E-state index contributed by atoms with van der Waals surface area (Å²) in [5.41, 5.74) is 0.775. The number of nitrogens with one attached hydrogen (secondary N) is 2. The summed E-state index contributed by atoms with van der Waals surface area (Å²) < 4.78 is 81.4. The zero-order chi connectivity index (χ0) is 29.0. The van der Waals surface area contributed by atoms with Crippen LogP contribution in [-0.4, -0.2) is 54.8 Å². The lowest BCUT2D eigenvalue weighted by molar-refractivity contribution is -0.153. The van der Waals surface area contributed by atoms with Crippen LogP contribution in [0.15, 0.2) is 36.4 Å². The number of hydrogen-bond acceptors (Lipinski definition) is 6. The Morgan fingerprint density at radius 1 is 1.25 bits per heavy atom. The Kier molecular flexibility index (Phi) is 6.81. The molecule has 1 aliphatic heterocycles. The summed E-state index contributed by atoms with van der Waals surface area (Å²) in [6.45, 7) is -1.44. The summed E-state index contributed by atoms with van der Waals surface area (Å²) in [5, 5.41) is 9.70. The van der Waals surface area contributed by atoms with Crippen LogP contribution in [0.5, 0.6) is 5.75 Å². The van der Waals surface area contributed by atoms with Crippen molar-refractivity contribution in [2.75, 3.05) is 23.9 Å². The molecule has 1 atom stereocenters. The van der Waals surface area contributed by atoms with Gasteiger partial charge in [-0.1, -0.05) is 17.7 Å². The minimum Gasteiger partial charge on any atom is -0.484 e. The quantitative estimate of drug-likeness (QED) is 0.416. The van der Waals surface area contributed by atoms with Crippen molar-refractivity contribution in [2.45, 2.75) is 31.0 Å². The van der Waals surface area contributed by atoms with Crippen LogP contribution < -0.4 is 15.4 Å². The van der Waals surface area contributed by atoms with E-state index in [1.54, 1.807) is 6.07 Å². The highest BCUT2D eigenvalue weighted by atomic mass is 35.5. The van der Waals surface area contributed by atoms with Crippen molar-refractivity contribution in [3.8, 4) is 11.4 Å². The van der Waals surface area contributed by atoms with Crippen molar-refractivity contribution in [2.24, 2.45) is 0 Å². The molecule has 1 aliphatic carbocycles. The van der Waals surface area contributed by atoms with Crippen LogP contribution in [0.4, 0.5) is 23.4 Å². The number of sulfone groups is 1. The van der Waals surface area contributed by atoms with Crippen LogP contribution in [0.1, 0.15) is 33.6 Å². The minimum atomic E-state index is -4.49. The van der Waals surface area contributed by atoms with E-state index in [2.05, 4.69) is 15.7 Å². The summed E-state index contributed by atoms with van der Waals surface area (Å²) in [4.78, 5) is 26.1. The minimum absolute atomic E-state index is 0.0265. The number of hydrogen-bond donors (Lipinski definition) is 2. The summed E-state index contributed by atoms with van der Waals surface area (Å²) >= 11 is 5.80. The van der Waals surface area contributed by atoms with Crippen molar-refractivity contribution >= 4 is 39.1 Å². The monoisotopic (exact) mass is 600 g/mol. The molecular weight excluding hydrogens is 580 g/mol. The fourth-order valence-corrected chi connectivity index (χ4v) is 5.72. The number of carbonyl (C=O) groups is 2. The first-order valence-corrected chi connectivity index (χ1v) is 14.3. The predicted molar refractivity (Wildman–Crippen MR) is 136 cm³/mol. The molecule has 15 heteroatoms. The Morgan fingerprint density at radius 3 is 2.67 bits per heavy atom. The predicted octanol–water partition coefficient (Wildman–Crippen LogP) is 3.72. The van der Waals surface area contributed by atoms with Gasteiger partial charge in [0.25, 0.3) is 5.91 Å². The lowest BCUT2D eigenvalue weighted by atomic mass is 9.82. The lowest BCUT2D eigenvalue weighted by Crippen LogP contribution is -2.49. The Labute approximate surface area is 230 Å². The molecule has 1 aromatic heterocycles. The van der Waals surface area contributed by atoms with Gasteiger partial charge in [-0.15, -0.1) is 0 Å². The van der Waals surface area contributed by atoms with Gasteiger partial charge in [-0.3, -0.25) is 9.59 Å². The molecule has 3 aromatic rings. The van der Waals surface area contributed by atoms with E-state index in [0.717, 1.165) is 17.0 Å². The fraction of sp³-hybridized carbons (Fsp3) is 0.320. The maximum absolute atomic E-state index is 14.3. The summed E-state index contributed by atoms with van der Waals surface area (Å²) in [7, 11) is -3.71. The zero-order valence-electron chi connectivity index (χ0n) is 20.7. The van der Waals surface area contributed by atoms with Gasteiger partial charge in [0.15, 0.2) is 16.4 Å². The maximum atomic E-state index is 14.3. The summed E-state index contributed by atoms with van der Waals surface area (Å²) in [6.07, 6.45) is -2.62. The molecule has 1 spiro atoms. The van der Waals surface area contributed by atoms with Crippen molar-refractivity contribution in [3.05, 3.63) is 69.6 Å². The Morgan fingerprint density at radius 2 is 2.00 bits per heavy atom. The number of fused-ring (bicyclic) bond motifs is 3. The molecule has 40 heavy (non-hydrogen) atoms. The van der Waals surface area contributed by atoms with Crippen LogP contribution in [0, 0.1) is 5.82 Å². The molecule has 5 rings (SSSR count). The summed E-state index contributed by atoms with van der Waals surface area (Å²) in [5.74, 6) is -3.30. The van der Waals surface area contributed by atoms with Crippen LogP contribution in [0.3, 0.4) is 0 Å². The number of alkyl halides is 3. The molecule has 2 N–H and O–H groups in total. The number of ether oxygens (including phenoxy) is 1. The first-order valence-electron chi connectivity index (χ1n) is 11.8. The lowest BCUT2D eigenvalue weighted by Gasteiger charge is -2.35. The van der Waals surface area contributed by atoms with Crippen molar-refractivity contribution < 1.29 is 40.3 Å². The maximum Gasteiger partial charge on any atom is 0.422 e. The van der Waals surface area contributed by atoms with Gasteiger partial charge in [-0.2, -0.15) is 18.3 Å². The highest BCUT2D eigenvalue weighted by molar-refractivity contribution is 7.91. The molecule has 2 aromatic carbocycles. The summed E-state index contributed by atoms with van der Waals surface area (Å²) in [6, 6.07) is 8.22. The Bertz CT molecular complexity index is 1660. The van der Waals surface area contributed by atoms with E-state index >= 15 is 0 Å². The van der Waals surface area contributed by atoms with E-state index in [1.807, 2.05) is 0 Å². The number of rotatable bonds is 6. The highest BCUT2D eigenvalue weighted by Crippen LogP contribution is 2.44. The smallest absolute Gasteiger partial charge is 0.422 e. The molecule has 2 amide bonds. The fourth-order valence-electron chi connectivity index (χ4n) is 5.06. The Hall–Kier alpha value is -3.65. The molecule has 2 heterocycles. The van der Waals surface area contributed by atoms with E-state index in [4.69, 9.17) is 16.3 Å². The number of halogens is 5. The third-order valence-corrected chi connectivity index (χ3v) is 7.71. The van der Waals surface area contributed by atoms with Crippen LogP contribution >= 0.6 is 11.6 Å². The van der Waals surface area contributed by atoms with Crippen LogP contribution in [0.2, 0.25) is 5.02 Å². The number of aryl methyl sites for hydroxylation is 1. The second-order valence-electron chi connectivity index (χ2n) is 9.73. The first kappa shape index (κ1) is 27.9. The van der Waals surface area contributed by atoms with E-state index < -0.39 is 51.5 Å². The molecule has 0 fully saturated rings. The second-order valence-corrected chi connectivity index (χ2v) is 12.3.